The first-order chi connectivity index (χ1) is 10.4. The fourth-order valence-corrected chi connectivity index (χ4v) is 1.78. The fourth-order valence-electron chi connectivity index (χ4n) is 1.78. The highest BCUT2D eigenvalue weighted by molar-refractivity contribution is 6.08. The summed E-state index contributed by atoms with van der Waals surface area (Å²) in [7, 11) is 0. The normalized spacial score (nSPS) is 10.0. The van der Waals surface area contributed by atoms with Crippen LogP contribution in [0.5, 0.6) is 5.75 Å². The van der Waals surface area contributed by atoms with Crippen LogP contribution in [0, 0.1) is 10.1 Å². The lowest BCUT2D eigenvalue weighted by atomic mass is 10.1. The maximum absolute atomic E-state index is 12.1. The Hall–Kier alpha value is -3.42. The van der Waals surface area contributed by atoms with Gasteiger partial charge in [0, 0.05) is 6.07 Å². The Bertz CT molecular complexity index is 772. The lowest BCUT2D eigenvalue weighted by Crippen LogP contribution is -2.14. The smallest absolute Gasteiger partial charge is 0.335 e. The van der Waals surface area contributed by atoms with Gasteiger partial charge in [0.15, 0.2) is 0 Å². The number of rotatable bonds is 4. The highest BCUT2D eigenvalue weighted by Crippen LogP contribution is 2.26. The quantitative estimate of drug-likeness (QED) is 0.451. The van der Waals surface area contributed by atoms with Gasteiger partial charge in [0.25, 0.3) is 11.6 Å². The Morgan fingerprint density at radius 2 is 1.82 bits per heavy atom. The van der Waals surface area contributed by atoms with Gasteiger partial charge < -0.3 is 15.5 Å². The molecular weight excluding hydrogens is 292 g/mol. The molecule has 0 aromatic heterocycles. The SMILES string of the molecule is O=C(O)c1ccc(O)c(NC(=O)c2ccccc2[N+](=O)[O-])c1. The maximum atomic E-state index is 12.1. The van der Waals surface area contributed by atoms with E-state index in [0.29, 0.717) is 0 Å². The number of amides is 1. The van der Waals surface area contributed by atoms with Crippen LogP contribution in [-0.4, -0.2) is 27.0 Å². The number of carboxylic acids is 1. The molecule has 0 fully saturated rings. The number of aromatic carboxylic acids is 1. The van der Waals surface area contributed by atoms with E-state index in [1.807, 2.05) is 0 Å². The minimum atomic E-state index is -1.24. The zero-order valence-electron chi connectivity index (χ0n) is 11.0. The molecule has 0 saturated heterocycles. The van der Waals surface area contributed by atoms with Gasteiger partial charge in [0.2, 0.25) is 0 Å². The van der Waals surface area contributed by atoms with Crippen molar-refractivity contribution in [1.29, 1.82) is 0 Å². The second kappa shape index (κ2) is 5.92. The average molecular weight is 302 g/mol. The predicted molar refractivity (Wildman–Crippen MR) is 76.1 cm³/mol. The maximum Gasteiger partial charge on any atom is 0.335 e. The Kier molecular flexibility index (Phi) is 4.03. The predicted octanol–water partition coefficient (Wildman–Crippen LogP) is 2.25. The van der Waals surface area contributed by atoms with Crippen molar-refractivity contribution in [2.24, 2.45) is 0 Å². The van der Waals surface area contributed by atoms with Crippen molar-refractivity contribution in [3.8, 4) is 5.75 Å². The van der Waals surface area contributed by atoms with Gasteiger partial charge in [-0.25, -0.2) is 4.79 Å². The van der Waals surface area contributed by atoms with Gasteiger partial charge in [-0.3, -0.25) is 14.9 Å². The van der Waals surface area contributed by atoms with E-state index >= 15 is 0 Å². The lowest BCUT2D eigenvalue weighted by molar-refractivity contribution is -0.385. The third-order valence-corrected chi connectivity index (χ3v) is 2.84. The van der Waals surface area contributed by atoms with E-state index in [1.54, 1.807) is 0 Å². The van der Waals surface area contributed by atoms with Crippen LogP contribution in [-0.2, 0) is 0 Å². The number of aromatic hydroxyl groups is 1. The first-order valence-electron chi connectivity index (χ1n) is 6.01. The average Bonchev–Trinajstić information content (AvgIpc) is 2.49. The monoisotopic (exact) mass is 302 g/mol. The van der Waals surface area contributed by atoms with Crippen LogP contribution < -0.4 is 5.32 Å². The fraction of sp³-hybridized carbons (Fsp3) is 0. The Labute approximate surface area is 123 Å². The highest BCUT2D eigenvalue weighted by atomic mass is 16.6. The summed E-state index contributed by atoms with van der Waals surface area (Å²) in [5, 5.41) is 31.7. The van der Waals surface area contributed by atoms with E-state index in [9.17, 15) is 24.8 Å². The van der Waals surface area contributed by atoms with Gasteiger partial charge in [-0.2, -0.15) is 0 Å². The molecule has 0 spiro atoms. The molecule has 0 unspecified atom stereocenters. The van der Waals surface area contributed by atoms with Crippen LogP contribution >= 0.6 is 0 Å². The molecular formula is C14H10N2O6. The number of hydrogen-bond acceptors (Lipinski definition) is 5. The zero-order valence-corrected chi connectivity index (χ0v) is 11.0. The van der Waals surface area contributed by atoms with Crippen molar-refractivity contribution in [3.63, 3.8) is 0 Å². The summed E-state index contributed by atoms with van der Waals surface area (Å²) in [6, 6.07) is 8.63. The molecule has 112 valence electrons. The van der Waals surface area contributed by atoms with Crippen molar-refractivity contribution < 1.29 is 24.7 Å². The summed E-state index contributed by atoms with van der Waals surface area (Å²) >= 11 is 0. The number of nitrogens with one attached hydrogen (secondary N) is 1. The molecule has 0 aliphatic carbocycles. The van der Waals surface area contributed by atoms with Crippen molar-refractivity contribution >= 4 is 23.3 Å². The Balaban J connectivity index is 2.36. The van der Waals surface area contributed by atoms with Gasteiger partial charge in [-0.05, 0) is 24.3 Å². The first kappa shape index (κ1) is 15.0. The van der Waals surface area contributed by atoms with E-state index in [1.165, 1.54) is 24.3 Å². The Morgan fingerprint density at radius 3 is 2.45 bits per heavy atom. The molecule has 0 saturated carbocycles. The minimum Gasteiger partial charge on any atom is -0.506 e. The number of benzene rings is 2. The number of nitro benzene ring substituents is 1. The largest absolute Gasteiger partial charge is 0.506 e. The molecule has 1 amide bonds. The number of nitro groups is 1. The van der Waals surface area contributed by atoms with Gasteiger partial charge in [-0.15, -0.1) is 0 Å². The number of phenols is 1. The van der Waals surface area contributed by atoms with Crippen LogP contribution in [0.25, 0.3) is 0 Å². The molecule has 3 N–H and O–H groups in total. The second-order valence-electron chi connectivity index (χ2n) is 4.27. The van der Waals surface area contributed by atoms with E-state index < -0.39 is 22.5 Å². The molecule has 0 heterocycles. The van der Waals surface area contributed by atoms with Crippen LogP contribution in [0.3, 0.4) is 0 Å². The summed E-state index contributed by atoms with van der Waals surface area (Å²) in [5.41, 5.74) is -0.889. The first-order valence-corrected chi connectivity index (χ1v) is 6.01. The molecule has 8 nitrogen and oxygen atoms in total. The minimum absolute atomic E-state index is 0.143. The molecule has 2 aromatic rings. The highest BCUT2D eigenvalue weighted by Gasteiger charge is 2.20. The number of carboxylic acid groups (broad SMARTS) is 1. The van der Waals surface area contributed by atoms with Gasteiger partial charge in [0.05, 0.1) is 16.2 Å². The molecule has 0 aliphatic rings. The summed E-state index contributed by atoms with van der Waals surface area (Å²) in [6.07, 6.45) is 0. The van der Waals surface area contributed by atoms with Crippen molar-refractivity contribution in [1.82, 2.24) is 0 Å². The van der Waals surface area contributed by atoms with Crippen molar-refractivity contribution in [3.05, 3.63) is 63.7 Å². The lowest BCUT2D eigenvalue weighted by Gasteiger charge is -2.08. The number of hydrogen-bond donors (Lipinski definition) is 3. The standard InChI is InChI=1S/C14H10N2O6/c17-12-6-5-8(14(19)20)7-10(12)15-13(18)9-3-1-2-4-11(9)16(21)22/h1-7,17H,(H,15,18)(H,19,20). The molecule has 2 rings (SSSR count). The van der Waals surface area contributed by atoms with Crippen LogP contribution in [0.2, 0.25) is 0 Å². The third kappa shape index (κ3) is 3.01. The third-order valence-electron chi connectivity index (χ3n) is 2.84. The molecule has 2 aromatic carbocycles. The molecule has 8 heteroatoms. The summed E-state index contributed by atoms with van der Waals surface area (Å²) in [6.45, 7) is 0. The van der Waals surface area contributed by atoms with Gasteiger partial charge >= 0.3 is 5.97 Å². The summed E-state index contributed by atoms with van der Waals surface area (Å²) < 4.78 is 0. The zero-order chi connectivity index (χ0) is 16.3. The molecule has 22 heavy (non-hydrogen) atoms. The number of anilines is 1. The van der Waals surface area contributed by atoms with E-state index in [0.717, 1.165) is 18.2 Å². The molecule has 0 atom stereocenters. The molecule has 0 bridgehead atoms. The number of carbonyl (C=O) groups excluding carboxylic acids is 1. The number of carbonyl (C=O) groups is 2. The molecule has 0 aliphatic heterocycles. The number of para-hydroxylation sites is 1. The van der Waals surface area contributed by atoms with Crippen LogP contribution in [0.4, 0.5) is 11.4 Å². The second-order valence-corrected chi connectivity index (χ2v) is 4.27. The van der Waals surface area contributed by atoms with Crippen molar-refractivity contribution in [2.75, 3.05) is 5.32 Å². The van der Waals surface area contributed by atoms with Crippen LogP contribution in [0.15, 0.2) is 42.5 Å². The Morgan fingerprint density at radius 1 is 1.14 bits per heavy atom. The van der Waals surface area contributed by atoms with Gasteiger partial charge in [-0.1, -0.05) is 12.1 Å². The van der Waals surface area contributed by atoms with E-state index in [-0.39, 0.29) is 22.6 Å². The topological polar surface area (TPSA) is 130 Å². The van der Waals surface area contributed by atoms with Crippen molar-refractivity contribution in [2.45, 2.75) is 0 Å². The van der Waals surface area contributed by atoms with Gasteiger partial charge in [0.1, 0.15) is 11.3 Å². The number of nitrogens with zero attached hydrogens (tertiary/aromatic N) is 1. The molecule has 0 radical (unpaired) electrons. The van der Waals surface area contributed by atoms with Crippen LogP contribution in [0.1, 0.15) is 20.7 Å². The summed E-state index contributed by atoms with van der Waals surface area (Å²) in [4.78, 5) is 33.2. The number of phenolic OH excluding ortho intramolecular Hbond substituents is 1. The van der Waals surface area contributed by atoms with E-state index in [2.05, 4.69) is 5.32 Å². The van der Waals surface area contributed by atoms with E-state index in [4.69, 9.17) is 5.11 Å². The summed E-state index contributed by atoms with van der Waals surface area (Å²) in [5.74, 6) is -2.41.